The van der Waals surface area contributed by atoms with Gasteiger partial charge in [-0.15, -0.1) is 13.2 Å². The largest absolute Gasteiger partial charge is 0.573 e. The maximum Gasteiger partial charge on any atom is 0.573 e. The predicted octanol–water partition coefficient (Wildman–Crippen LogP) is 4.59. The highest BCUT2D eigenvalue weighted by Gasteiger charge is 2.30. The Balaban J connectivity index is 1.83. The van der Waals surface area contributed by atoms with E-state index >= 15 is 0 Å². The molecule has 0 radical (unpaired) electrons. The maximum absolute atomic E-state index is 12.1. The smallest absolute Gasteiger partial charge is 0.406 e. The van der Waals surface area contributed by atoms with Gasteiger partial charge in [0.05, 0.1) is 11.7 Å². The van der Waals surface area contributed by atoms with Gasteiger partial charge in [-0.05, 0) is 46.4 Å². The second kappa shape index (κ2) is 5.79. The second-order valence-electron chi connectivity index (χ2n) is 4.69. The van der Waals surface area contributed by atoms with E-state index in [-0.39, 0.29) is 5.75 Å². The molecule has 0 unspecified atom stereocenters. The van der Waals surface area contributed by atoms with Gasteiger partial charge in [0.15, 0.2) is 0 Å². The molecule has 0 saturated heterocycles. The van der Waals surface area contributed by atoms with Gasteiger partial charge < -0.3 is 9.30 Å². The molecule has 0 aliphatic rings. The van der Waals surface area contributed by atoms with Crippen molar-refractivity contribution < 1.29 is 17.9 Å². The highest BCUT2D eigenvalue weighted by Crippen LogP contribution is 2.25. The molecule has 0 saturated carbocycles. The van der Waals surface area contributed by atoms with E-state index < -0.39 is 6.36 Å². The van der Waals surface area contributed by atoms with Crippen LogP contribution in [0.3, 0.4) is 0 Å². The summed E-state index contributed by atoms with van der Waals surface area (Å²) < 4.78 is 43.4. The van der Waals surface area contributed by atoms with E-state index in [2.05, 4.69) is 32.3 Å². The Bertz CT molecular complexity index is 797. The molecule has 22 heavy (non-hydrogen) atoms. The van der Waals surface area contributed by atoms with Gasteiger partial charge in [-0.2, -0.15) is 0 Å². The highest BCUT2D eigenvalue weighted by molar-refractivity contribution is 14.1. The monoisotopic (exact) mass is 418 g/mol. The molecule has 3 nitrogen and oxygen atoms in total. The molecule has 0 fully saturated rings. The first-order chi connectivity index (χ1) is 10.4. The number of alkyl halides is 3. The molecule has 0 spiro atoms. The van der Waals surface area contributed by atoms with E-state index in [1.54, 1.807) is 24.5 Å². The average molecular weight is 418 g/mol. The number of fused-ring (bicyclic) bond motifs is 1. The third-order valence-corrected chi connectivity index (χ3v) is 4.01. The first kappa shape index (κ1) is 15.1. The van der Waals surface area contributed by atoms with Gasteiger partial charge in [-0.25, -0.2) is 0 Å². The van der Waals surface area contributed by atoms with Gasteiger partial charge in [-0.3, -0.25) is 4.98 Å². The molecular formula is C15H10F3IN2O. The van der Waals surface area contributed by atoms with Crippen molar-refractivity contribution in [2.75, 3.05) is 0 Å². The molecule has 0 amide bonds. The summed E-state index contributed by atoms with van der Waals surface area (Å²) in [5.41, 5.74) is 1.87. The number of hydrogen-bond donors (Lipinski definition) is 0. The molecule has 2 aromatic heterocycles. The van der Waals surface area contributed by atoms with Crippen LogP contribution in [0.4, 0.5) is 13.2 Å². The molecule has 2 heterocycles. The van der Waals surface area contributed by atoms with Gasteiger partial charge in [0.1, 0.15) is 5.75 Å². The van der Waals surface area contributed by atoms with Crippen molar-refractivity contribution in [1.29, 1.82) is 0 Å². The van der Waals surface area contributed by atoms with Crippen LogP contribution in [-0.4, -0.2) is 15.9 Å². The molecule has 7 heteroatoms. The molecule has 114 valence electrons. The lowest BCUT2D eigenvalue weighted by molar-refractivity contribution is -0.274. The van der Waals surface area contributed by atoms with Crippen LogP contribution in [-0.2, 0) is 6.54 Å². The zero-order valence-corrected chi connectivity index (χ0v) is 13.3. The van der Waals surface area contributed by atoms with Gasteiger partial charge >= 0.3 is 6.36 Å². The summed E-state index contributed by atoms with van der Waals surface area (Å²) in [6.45, 7) is 0.553. The summed E-state index contributed by atoms with van der Waals surface area (Å²) in [6.07, 6.45) is 0.837. The van der Waals surface area contributed by atoms with Crippen molar-refractivity contribution in [3.8, 4) is 5.75 Å². The topological polar surface area (TPSA) is 27.1 Å². The fraction of sp³-hybridized carbons (Fsp3) is 0.133. The van der Waals surface area contributed by atoms with Gasteiger partial charge in [-0.1, -0.05) is 12.1 Å². The summed E-state index contributed by atoms with van der Waals surface area (Å²) >= 11 is 2.25. The van der Waals surface area contributed by atoms with Crippen LogP contribution in [0.5, 0.6) is 5.75 Å². The van der Waals surface area contributed by atoms with E-state index in [0.717, 1.165) is 20.0 Å². The van der Waals surface area contributed by atoms with E-state index in [0.29, 0.717) is 6.54 Å². The summed E-state index contributed by atoms with van der Waals surface area (Å²) in [5, 5.41) is 1.10. The van der Waals surface area contributed by atoms with Crippen LogP contribution < -0.4 is 4.74 Å². The minimum absolute atomic E-state index is 0.218. The van der Waals surface area contributed by atoms with Crippen molar-refractivity contribution in [3.05, 3.63) is 58.1 Å². The SMILES string of the molecule is FC(F)(F)Oc1ccc(Cn2cc(I)c3ccncc32)cc1. The van der Waals surface area contributed by atoms with E-state index in [1.165, 1.54) is 12.1 Å². The number of ether oxygens (including phenoxy) is 1. The fourth-order valence-corrected chi connectivity index (χ4v) is 3.01. The van der Waals surface area contributed by atoms with Crippen LogP contribution in [0.25, 0.3) is 10.9 Å². The Morgan fingerprint density at radius 3 is 2.55 bits per heavy atom. The summed E-state index contributed by atoms with van der Waals surface area (Å²) in [6, 6.07) is 7.82. The van der Waals surface area contributed by atoms with Gasteiger partial charge in [0, 0.05) is 27.9 Å². The number of hydrogen-bond acceptors (Lipinski definition) is 2. The molecule has 3 rings (SSSR count). The Morgan fingerprint density at radius 1 is 1.14 bits per heavy atom. The first-order valence-corrected chi connectivity index (χ1v) is 7.43. The minimum Gasteiger partial charge on any atom is -0.406 e. The van der Waals surface area contributed by atoms with Crippen LogP contribution in [0.1, 0.15) is 5.56 Å². The third-order valence-electron chi connectivity index (χ3n) is 3.15. The van der Waals surface area contributed by atoms with Crippen LogP contribution in [0.15, 0.2) is 48.9 Å². The molecule has 0 aliphatic carbocycles. The molecule has 3 aromatic rings. The van der Waals surface area contributed by atoms with Crippen LogP contribution in [0.2, 0.25) is 0 Å². The molecule has 0 bridgehead atoms. The maximum atomic E-state index is 12.1. The number of benzene rings is 1. The molecule has 1 aromatic carbocycles. The van der Waals surface area contributed by atoms with E-state index in [1.807, 2.05) is 16.8 Å². The predicted molar refractivity (Wildman–Crippen MR) is 84.7 cm³/mol. The number of pyridine rings is 1. The van der Waals surface area contributed by atoms with Crippen molar-refractivity contribution in [3.63, 3.8) is 0 Å². The fourth-order valence-electron chi connectivity index (χ4n) is 2.22. The summed E-state index contributed by atoms with van der Waals surface area (Å²) in [7, 11) is 0. The second-order valence-corrected chi connectivity index (χ2v) is 5.85. The number of rotatable bonds is 3. The molecule has 0 N–H and O–H groups in total. The zero-order valence-electron chi connectivity index (χ0n) is 11.1. The standard InChI is InChI=1S/C15H10F3IN2O/c16-15(17,18)22-11-3-1-10(2-4-11)8-21-9-13(19)12-5-6-20-7-14(12)21/h1-7,9H,8H2. The Kier molecular flexibility index (Phi) is 3.98. The molecule has 0 atom stereocenters. The summed E-state index contributed by atoms with van der Waals surface area (Å²) in [5.74, 6) is -0.218. The van der Waals surface area contributed by atoms with E-state index in [9.17, 15) is 13.2 Å². The lowest BCUT2D eigenvalue weighted by Crippen LogP contribution is -2.17. The Morgan fingerprint density at radius 2 is 1.86 bits per heavy atom. The summed E-state index contributed by atoms with van der Waals surface area (Å²) in [4.78, 5) is 4.11. The lowest BCUT2D eigenvalue weighted by atomic mass is 10.2. The Hall–Kier alpha value is -1.77. The van der Waals surface area contributed by atoms with Crippen molar-refractivity contribution >= 4 is 33.5 Å². The zero-order chi connectivity index (χ0) is 15.7. The lowest BCUT2D eigenvalue weighted by Gasteiger charge is -2.10. The first-order valence-electron chi connectivity index (χ1n) is 6.35. The van der Waals surface area contributed by atoms with Gasteiger partial charge in [0.25, 0.3) is 0 Å². The average Bonchev–Trinajstić information content (AvgIpc) is 2.77. The van der Waals surface area contributed by atoms with Crippen molar-refractivity contribution in [2.45, 2.75) is 12.9 Å². The quantitative estimate of drug-likeness (QED) is 0.582. The highest BCUT2D eigenvalue weighted by atomic mass is 127. The van der Waals surface area contributed by atoms with E-state index in [4.69, 9.17) is 0 Å². The van der Waals surface area contributed by atoms with Crippen molar-refractivity contribution in [1.82, 2.24) is 9.55 Å². The number of halogens is 4. The number of nitrogens with zero attached hydrogens (tertiary/aromatic N) is 2. The third kappa shape index (κ3) is 3.34. The molecular weight excluding hydrogens is 408 g/mol. The van der Waals surface area contributed by atoms with Crippen molar-refractivity contribution in [2.24, 2.45) is 0 Å². The van der Waals surface area contributed by atoms with Gasteiger partial charge in [0.2, 0.25) is 0 Å². The molecule has 0 aliphatic heterocycles. The van der Waals surface area contributed by atoms with Crippen LogP contribution in [0, 0.1) is 3.57 Å². The van der Waals surface area contributed by atoms with Crippen LogP contribution >= 0.6 is 22.6 Å². The minimum atomic E-state index is -4.67. The Labute approximate surface area is 137 Å². The number of aromatic nitrogens is 2. The normalized spacial score (nSPS) is 11.8.